The van der Waals surface area contributed by atoms with Gasteiger partial charge in [-0.15, -0.1) is 0 Å². The number of non-ortho nitro benzene ring substituents is 1. The third-order valence-corrected chi connectivity index (χ3v) is 4.59. The van der Waals surface area contributed by atoms with E-state index in [1.165, 1.54) is 12.1 Å². The molecule has 23 heavy (non-hydrogen) atoms. The Hall–Kier alpha value is -1.54. The van der Waals surface area contributed by atoms with Gasteiger partial charge in [0.1, 0.15) is 6.04 Å². The lowest BCUT2D eigenvalue weighted by atomic mass is 9.87. The van der Waals surface area contributed by atoms with E-state index in [4.69, 9.17) is 9.57 Å². The maximum atomic E-state index is 11.2. The van der Waals surface area contributed by atoms with Gasteiger partial charge in [-0.2, -0.15) is 5.06 Å². The molecule has 0 aliphatic carbocycles. The molecule has 2 aliphatic heterocycles. The van der Waals surface area contributed by atoms with Crippen LogP contribution in [0, 0.1) is 16.0 Å². The first-order chi connectivity index (χ1) is 10.6. The van der Waals surface area contributed by atoms with Gasteiger partial charge in [0.15, 0.2) is 0 Å². The number of benzene rings is 1. The van der Waals surface area contributed by atoms with Crippen LogP contribution in [0.1, 0.15) is 33.3 Å². The molecule has 2 fully saturated rings. The van der Waals surface area contributed by atoms with Crippen molar-refractivity contribution in [1.29, 1.82) is 0 Å². The lowest BCUT2D eigenvalue weighted by molar-refractivity contribution is -0.384. The molecule has 2 aliphatic rings. The number of nitrogens with zero attached hydrogens (tertiary/aromatic N) is 2. The normalized spacial score (nSPS) is 34.6. The van der Waals surface area contributed by atoms with E-state index < -0.39 is 10.7 Å². The third-order valence-electron chi connectivity index (χ3n) is 4.59. The van der Waals surface area contributed by atoms with Crippen LogP contribution in [0.2, 0.25) is 0 Å². The van der Waals surface area contributed by atoms with Gasteiger partial charge >= 0.3 is 0 Å². The van der Waals surface area contributed by atoms with Crippen LogP contribution < -0.4 is 0 Å². The second-order valence-corrected chi connectivity index (χ2v) is 7.23. The maximum absolute atomic E-state index is 11.2. The van der Waals surface area contributed by atoms with Gasteiger partial charge in [-0.3, -0.25) is 15.0 Å². The third kappa shape index (κ3) is 2.53. The summed E-state index contributed by atoms with van der Waals surface area (Å²) >= 11 is 0. The van der Waals surface area contributed by atoms with Crippen LogP contribution in [-0.4, -0.2) is 39.4 Å². The topological polar surface area (TPSA) is 85.1 Å². The summed E-state index contributed by atoms with van der Waals surface area (Å²) in [5, 5.41) is 23.8. The van der Waals surface area contributed by atoms with Crippen LogP contribution in [0.5, 0.6) is 0 Å². The standard InChI is InChI=1S/C16H22N2O5/c1-10-13-9-22-16(19,14(13)17(23-10)15(2,3)4)11-5-7-12(8-6-11)18(20)21/h5-8,10,13-14,19H,9H2,1-4H3/t10-,13-,14-,16-/m1/s1. The van der Waals surface area contributed by atoms with E-state index in [0.29, 0.717) is 12.2 Å². The molecule has 0 aromatic heterocycles. The Kier molecular flexibility index (Phi) is 3.72. The number of hydrogen-bond acceptors (Lipinski definition) is 6. The minimum Gasteiger partial charge on any atom is -0.360 e. The lowest BCUT2D eigenvalue weighted by Gasteiger charge is -2.40. The Morgan fingerprint density at radius 2 is 1.96 bits per heavy atom. The Bertz CT molecular complexity index is 612. The fourth-order valence-corrected chi connectivity index (χ4v) is 3.39. The minimum atomic E-state index is -1.54. The molecule has 7 heteroatoms. The number of nitro benzene ring substituents is 1. The van der Waals surface area contributed by atoms with Crippen LogP contribution in [0.25, 0.3) is 0 Å². The van der Waals surface area contributed by atoms with E-state index in [-0.39, 0.29) is 29.3 Å². The molecule has 0 spiro atoms. The van der Waals surface area contributed by atoms with Gasteiger partial charge in [-0.25, -0.2) is 0 Å². The summed E-state index contributed by atoms with van der Waals surface area (Å²) in [6.07, 6.45) is -0.0636. The van der Waals surface area contributed by atoms with Crippen molar-refractivity contribution in [3.05, 3.63) is 39.9 Å². The van der Waals surface area contributed by atoms with E-state index in [0.717, 1.165) is 0 Å². The first-order valence-corrected chi connectivity index (χ1v) is 7.72. The van der Waals surface area contributed by atoms with Gasteiger partial charge in [-0.05, 0) is 39.8 Å². The van der Waals surface area contributed by atoms with Crippen molar-refractivity contribution < 1.29 is 19.6 Å². The van der Waals surface area contributed by atoms with E-state index in [2.05, 4.69) is 0 Å². The number of nitro groups is 1. The fraction of sp³-hybridized carbons (Fsp3) is 0.625. The van der Waals surface area contributed by atoms with Crippen molar-refractivity contribution >= 4 is 5.69 Å². The van der Waals surface area contributed by atoms with Gasteiger partial charge in [0.25, 0.3) is 5.69 Å². The molecule has 1 aromatic rings. The molecule has 0 bridgehead atoms. The Labute approximate surface area is 134 Å². The Morgan fingerprint density at radius 3 is 2.48 bits per heavy atom. The SMILES string of the molecule is C[C@H]1ON(C(C)(C)C)[C@@H]2[C@@H]1CO[C@]2(O)c1ccc([N+](=O)[O-])cc1. The molecule has 4 atom stereocenters. The number of hydroxylamine groups is 2. The Balaban J connectivity index is 1.99. The summed E-state index contributed by atoms with van der Waals surface area (Å²) in [6, 6.07) is 5.49. The molecule has 2 saturated heterocycles. The molecule has 2 heterocycles. The summed E-state index contributed by atoms with van der Waals surface area (Å²) in [5.41, 5.74) is 0.175. The maximum Gasteiger partial charge on any atom is 0.269 e. The minimum absolute atomic E-state index is 0.0179. The summed E-state index contributed by atoms with van der Waals surface area (Å²) in [5.74, 6) is -1.51. The van der Waals surface area contributed by atoms with Crippen molar-refractivity contribution in [2.24, 2.45) is 5.92 Å². The molecule has 1 N–H and O–H groups in total. The monoisotopic (exact) mass is 322 g/mol. The van der Waals surface area contributed by atoms with Gasteiger partial charge in [0, 0.05) is 29.2 Å². The molecule has 1 aromatic carbocycles. The molecule has 3 rings (SSSR count). The first kappa shape index (κ1) is 16.3. The largest absolute Gasteiger partial charge is 0.360 e. The van der Waals surface area contributed by atoms with Gasteiger partial charge in [-0.1, -0.05) is 0 Å². The molecule has 126 valence electrons. The van der Waals surface area contributed by atoms with Gasteiger partial charge < -0.3 is 9.84 Å². The van der Waals surface area contributed by atoms with Crippen LogP contribution in [0.4, 0.5) is 5.69 Å². The number of hydrogen-bond donors (Lipinski definition) is 1. The number of rotatable bonds is 2. The highest BCUT2D eigenvalue weighted by Crippen LogP contribution is 2.48. The predicted molar refractivity (Wildman–Crippen MR) is 82.4 cm³/mol. The number of aliphatic hydroxyl groups is 1. The molecular formula is C16H22N2O5. The zero-order valence-electron chi connectivity index (χ0n) is 13.7. The quantitative estimate of drug-likeness (QED) is 0.663. The molecule has 7 nitrogen and oxygen atoms in total. The van der Waals surface area contributed by atoms with Gasteiger partial charge in [0.05, 0.1) is 17.6 Å². The zero-order chi connectivity index (χ0) is 17.0. The summed E-state index contributed by atoms with van der Waals surface area (Å²) in [6.45, 7) is 8.38. The second kappa shape index (κ2) is 5.24. The Morgan fingerprint density at radius 1 is 1.35 bits per heavy atom. The highest BCUT2D eigenvalue weighted by Gasteiger charge is 2.61. The zero-order valence-corrected chi connectivity index (χ0v) is 13.7. The lowest BCUT2D eigenvalue weighted by Crippen LogP contribution is -2.53. The van der Waals surface area contributed by atoms with Crippen molar-refractivity contribution in [3.8, 4) is 0 Å². The van der Waals surface area contributed by atoms with Crippen LogP contribution in [0.3, 0.4) is 0 Å². The van der Waals surface area contributed by atoms with E-state index >= 15 is 0 Å². The van der Waals surface area contributed by atoms with Crippen LogP contribution in [0.15, 0.2) is 24.3 Å². The second-order valence-electron chi connectivity index (χ2n) is 7.23. The van der Waals surface area contributed by atoms with E-state index in [1.54, 1.807) is 17.2 Å². The smallest absolute Gasteiger partial charge is 0.269 e. The predicted octanol–water partition coefficient (Wildman–Crippen LogP) is 2.19. The summed E-state index contributed by atoms with van der Waals surface area (Å²) in [4.78, 5) is 16.3. The van der Waals surface area contributed by atoms with E-state index in [9.17, 15) is 15.2 Å². The molecule has 0 radical (unpaired) electrons. The van der Waals surface area contributed by atoms with Gasteiger partial charge in [0.2, 0.25) is 5.79 Å². The summed E-state index contributed by atoms with van der Waals surface area (Å²) < 4.78 is 5.75. The molecule has 0 saturated carbocycles. The molecular weight excluding hydrogens is 300 g/mol. The first-order valence-electron chi connectivity index (χ1n) is 7.72. The average molecular weight is 322 g/mol. The van der Waals surface area contributed by atoms with Crippen molar-refractivity contribution in [2.75, 3.05) is 6.61 Å². The van der Waals surface area contributed by atoms with Crippen LogP contribution in [-0.2, 0) is 15.4 Å². The van der Waals surface area contributed by atoms with Crippen molar-refractivity contribution in [2.45, 2.75) is 51.2 Å². The number of ether oxygens (including phenoxy) is 1. The highest BCUT2D eigenvalue weighted by molar-refractivity contribution is 5.36. The molecule has 0 unspecified atom stereocenters. The average Bonchev–Trinajstić information content (AvgIpc) is 2.99. The van der Waals surface area contributed by atoms with Crippen molar-refractivity contribution in [3.63, 3.8) is 0 Å². The van der Waals surface area contributed by atoms with Crippen molar-refractivity contribution in [1.82, 2.24) is 5.06 Å². The van der Waals surface area contributed by atoms with E-state index in [1.807, 2.05) is 27.7 Å². The fourth-order valence-electron chi connectivity index (χ4n) is 3.39. The summed E-state index contributed by atoms with van der Waals surface area (Å²) in [7, 11) is 0. The highest BCUT2D eigenvalue weighted by atomic mass is 16.7. The van der Waals surface area contributed by atoms with Crippen LogP contribution >= 0.6 is 0 Å². The molecule has 0 amide bonds. The number of fused-ring (bicyclic) bond motifs is 1.